The summed E-state index contributed by atoms with van der Waals surface area (Å²) in [5, 5.41) is 14.8. The number of benzene rings is 1. The number of aromatic hydroxyl groups is 1. The number of anilines is 1. The highest BCUT2D eigenvalue weighted by Crippen LogP contribution is 2.31. The molecule has 0 aliphatic carbocycles. The summed E-state index contributed by atoms with van der Waals surface area (Å²) in [6.07, 6.45) is 2.87. The number of pyridine rings is 2. The zero-order valence-corrected chi connectivity index (χ0v) is 15.9. The molecule has 0 aliphatic rings. The molecule has 0 fully saturated rings. The standard InChI is InChI=1S/C21H19N5O3/c1-12(27)14-4-5-16-15(10-14)11-18(21(22)24-16)29-13(2)20-17(6-7-19(28)25-20)26-9-3-8-23-26/h3-11,13H,1-2H3,(H2,22,24)(H,25,28). The molecule has 4 aromatic rings. The maximum Gasteiger partial charge on any atom is 0.211 e. The number of carbonyl (C=O) groups is 1. The van der Waals surface area contributed by atoms with Gasteiger partial charge in [0.05, 0.1) is 11.2 Å². The lowest BCUT2D eigenvalue weighted by atomic mass is 10.1. The molecule has 1 aromatic carbocycles. The van der Waals surface area contributed by atoms with E-state index in [0.717, 1.165) is 5.39 Å². The molecular weight excluding hydrogens is 370 g/mol. The van der Waals surface area contributed by atoms with E-state index in [1.165, 1.54) is 13.0 Å². The van der Waals surface area contributed by atoms with Gasteiger partial charge >= 0.3 is 0 Å². The van der Waals surface area contributed by atoms with E-state index in [2.05, 4.69) is 15.1 Å². The Balaban J connectivity index is 1.72. The minimum absolute atomic E-state index is 0.0348. The molecule has 3 aromatic heterocycles. The summed E-state index contributed by atoms with van der Waals surface area (Å²) < 4.78 is 7.69. The van der Waals surface area contributed by atoms with Gasteiger partial charge in [0.2, 0.25) is 5.88 Å². The molecule has 1 unspecified atom stereocenters. The van der Waals surface area contributed by atoms with Gasteiger partial charge in [0, 0.05) is 29.4 Å². The highest BCUT2D eigenvalue weighted by Gasteiger charge is 2.19. The average Bonchev–Trinajstić information content (AvgIpc) is 3.22. The number of hydrogen-bond acceptors (Lipinski definition) is 7. The van der Waals surface area contributed by atoms with E-state index < -0.39 is 6.10 Å². The number of rotatable bonds is 5. The first-order valence-corrected chi connectivity index (χ1v) is 9.00. The number of aromatic nitrogens is 4. The molecule has 4 rings (SSSR count). The number of ether oxygens (including phenoxy) is 1. The van der Waals surface area contributed by atoms with Gasteiger partial charge in [-0.3, -0.25) is 4.79 Å². The zero-order valence-electron chi connectivity index (χ0n) is 15.9. The SMILES string of the molecule is CC(=O)c1ccc2nc(N)c(OC(C)c3nc(O)ccc3-n3cccn3)cc2c1. The molecule has 0 bridgehead atoms. The Hall–Kier alpha value is -3.94. The first-order valence-electron chi connectivity index (χ1n) is 9.00. The summed E-state index contributed by atoms with van der Waals surface area (Å²) in [5.41, 5.74) is 8.50. The fourth-order valence-corrected chi connectivity index (χ4v) is 3.09. The molecular formula is C21H19N5O3. The maximum absolute atomic E-state index is 11.7. The Labute approximate surface area is 166 Å². The van der Waals surface area contributed by atoms with Crippen LogP contribution in [0.3, 0.4) is 0 Å². The molecule has 8 heteroatoms. The van der Waals surface area contributed by atoms with Crippen LogP contribution in [-0.4, -0.2) is 30.6 Å². The second-order valence-corrected chi connectivity index (χ2v) is 6.62. The van der Waals surface area contributed by atoms with Crippen molar-refractivity contribution in [2.75, 3.05) is 5.73 Å². The summed E-state index contributed by atoms with van der Waals surface area (Å²) in [7, 11) is 0. The van der Waals surface area contributed by atoms with Gasteiger partial charge in [-0.05, 0) is 50.2 Å². The second kappa shape index (κ2) is 7.23. The third kappa shape index (κ3) is 3.60. The van der Waals surface area contributed by atoms with Gasteiger partial charge in [0.25, 0.3) is 0 Å². The van der Waals surface area contributed by atoms with Crippen molar-refractivity contribution in [3.05, 3.63) is 66.1 Å². The minimum Gasteiger partial charge on any atom is -0.493 e. The third-order valence-electron chi connectivity index (χ3n) is 4.54. The van der Waals surface area contributed by atoms with Crippen LogP contribution in [0, 0.1) is 0 Å². The van der Waals surface area contributed by atoms with Crippen LogP contribution in [0.4, 0.5) is 5.82 Å². The second-order valence-electron chi connectivity index (χ2n) is 6.62. The van der Waals surface area contributed by atoms with Gasteiger partial charge in [-0.1, -0.05) is 0 Å². The Morgan fingerprint density at radius 1 is 1.21 bits per heavy atom. The lowest BCUT2D eigenvalue weighted by Gasteiger charge is -2.18. The van der Waals surface area contributed by atoms with Gasteiger partial charge in [0.1, 0.15) is 11.8 Å². The topological polar surface area (TPSA) is 116 Å². The monoisotopic (exact) mass is 389 g/mol. The van der Waals surface area contributed by atoms with Crippen molar-refractivity contribution in [2.24, 2.45) is 0 Å². The quantitative estimate of drug-likeness (QED) is 0.502. The van der Waals surface area contributed by atoms with Crippen LogP contribution in [0.15, 0.2) is 54.9 Å². The summed E-state index contributed by atoms with van der Waals surface area (Å²) in [5.74, 6) is 0.428. The Morgan fingerprint density at radius 2 is 2.03 bits per heavy atom. The van der Waals surface area contributed by atoms with Crippen LogP contribution in [0.1, 0.15) is 36.0 Å². The number of fused-ring (bicyclic) bond motifs is 1. The predicted molar refractivity (Wildman–Crippen MR) is 108 cm³/mol. The van der Waals surface area contributed by atoms with Gasteiger partial charge in [-0.15, -0.1) is 0 Å². The van der Waals surface area contributed by atoms with E-state index >= 15 is 0 Å². The molecule has 29 heavy (non-hydrogen) atoms. The number of Topliss-reactive ketones (excluding diaryl/α,β-unsaturated/α-hetero) is 1. The van der Waals surface area contributed by atoms with E-state index in [0.29, 0.717) is 28.2 Å². The van der Waals surface area contributed by atoms with Crippen molar-refractivity contribution in [3.8, 4) is 17.3 Å². The summed E-state index contributed by atoms with van der Waals surface area (Å²) in [6.45, 7) is 3.31. The number of carbonyl (C=O) groups excluding carboxylic acids is 1. The van der Waals surface area contributed by atoms with Crippen molar-refractivity contribution in [3.63, 3.8) is 0 Å². The zero-order chi connectivity index (χ0) is 20.5. The van der Waals surface area contributed by atoms with Gasteiger partial charge in [-0.25, -0.2) is 14.6 Å². The van der Waals surface area contributed by atoms with Crippen LogP contribution in [0.25, 0.3) is 16.6 Å². The Morgan fingerprint density at radius 3 is 2.76 bits per heavy atom. The van der Waals surface area contributed by atoms with Gasteiger partial charge in [0.15, 0.2) is 17.4 Å². The number of nitrogens with zero attached hydrogens (tertiary/aromatic N) is 4. The number of nitrogens with two attached hydrogens (primary N) is 1. The predicted octanol–water partition coefficient (Wildman–Crippen LogP) is 3.45. The van der Waals surface area contributed by atoms with Crippen LogP contribution in [0.5, 0.6) is 11.6 Å². The first-order chi connectivity index (χ1) is 13.9. The van der Waals surface area contributed by atoms with Gasteiger partial charge < -0.3 is 15.6 Å². The minimum atomic E-state index is -0.557. The summed E-state index contributed by atoms with van der Waals surface area (Å²) >= 11 is 0. The van der Waals surface area contributed by atoms with Crippen LogP contribution >= 0.6 is 0 Å². The largest absolute Gasteiger partial charge is 0.493 e. The van der Waals surface area contributed by atoms with E-state index in [9.17, 15) is 9.90 Å². The molecule has 0 saturated carbocycles. The van der Waals surface area contributed by atoms with E-state index in [1.807, 2.05) is 0 Å². The Bertz CT molecular complexity index is 1200. The molecule has 1 atom stereocenters. The highest BCUT2D eigenvalue weighted by molar-refractivity contribution is 5.98. The fourth-order valence-electron chi connectivity index (χ4n) is 3.09. The van der Waals surface area contributed by atoms with Crippen LogP contribution in [0.2, 0.25) is 0 Å². The van der Waals surface area contributed by atoms with E-state index in [1.54, 1.807) is 60.4 Å². The molecule has 8 nitrogen and oxygen atoms in total. The van der Waals surface area contributed by atoms with Crippen LogP contribution in [-0.2, 0) is 0 Å². The van der Waals surface area contributed by atoms with Gasteiger partial charge in [-0.2, -0.15) is 5.10 Å². The number of hydrogen-bond donors (Lipinski definition) is 2. The smallest absolute Gasteiger partial charge is 0.211 e. The van der Waals surface area contributed by atoms with Crippen molar-refractivity contribution < 1.29 is 14.6 Å². The fraction of sp³-hybridized carbons (Fsp3) is 0.143. The lowest BCUT2D eigenvalue weighted by molar-refractivity contribution is 0.101. The van der Waals surface area contributed by atoms with Crippen molar-refractivity contribution in [1.82, 2.24) is 19.7 Å². The summed E-state index contributed by atoms with van der Waals surface area (Å²) in [6, 6.07) is 12.0. The highest BCUT2D eigenvalue weighted by atomic mass is 16.5. The van der Waals surface area contributed by atoms with Crippen molar-refractivity contribution in [2.45, 2.75) is 20.0 Å². The molecule has 0 aliphatic heterocycles. The van der Waals surface area contributed by atoms with E-state index in [4.69, 9.17) is 10.5 Å². The van der Waals surface area contributed by atoms with Crippen LogP contribution < -0.4 is 10.5 Å². The number of ketones is 1. The molecule has 0 saturated heterocycles. The van der Waals surface area contributed by atoms with Crippen molar-refractivity contribution in [1.29, 1.82) is 0 Å². The average molecular weight is 389 g/mol. The molecule has 3 heterocycles. The Kier molecular flexibility index (Phi) is 4.59. The molecule has 3 N–H and O–H groups in total. The molecule has 0 amide bonds. The van der Waals surface area contributed by atoms with Crippen molar-refractivity contribution >= 4 is 22.5 Å². The molecule has 0 spiro atoms. The number of nitrogen functional groups attached to an aromatic ring is 1. The molecule has 0 radical (unpaired) electrons. The van der Waals surface area contributed by atoms with E-state index in [-0.39, 0.29) is 17.5 Å². The molecule has 146 valence electrons. The first kappa shape index (κ1) is 18.4. The lowest BCUT2D eigenvalue weighted by Crippen LogP contribution is -2.12. The maximum atomic E-state index is 11.7. The summed E-state index contributed by atoms with van der Waals surface area (Å²) in [4.78, 5) is 20.3. The third-order valence-corrected chi connectivity index (χ3v) is 4.54. The normalized spacial score (nSPS) is 12.1.